The number of nitrogens with one attached hydrogen (secondary N) is 2. The van der Waals surface area contributed by atoms with E-state index in [1.807, 2.05) is 0 Å². The zero-order valence-electron chi connectivity index (χ0n) is 9.21. The lowest BCUT2D eigenvalue weighted by molar-refractivity contribution is 0.100. The molecule has 7 heteroatoms. The molecule has 0 atom stereocenters. The molecule has 4 N–H and O–H groups in total. The summed E-state index contributed by atoms with van der Waals surface area (Å²) in [6.45, 7) is 0. The van der Waals surface area contributed by atoms with Crippen molar-refractivity contribution in [2.45, 2.75) is 0 Å². The van der Waals surface area contributed by atoms with Crippen LogP contribution in [0.15, 0.2) is 41.1 Å². The van der Waals surface area contributed by atoms with Crippen LogP contribution in [0, 0.1) is 0 Å². The van der Waals surface area contributed by atoms with E-state index in [1.165, 1.54) is 24.5 Å². The van der Waals surface area contributed by atoms with E-state index in [-0.39, 0.29) is 0 Å². The van der Waals surface area contributed by atoms with Crippen LogP contribution in [0.25, 0.3) is 0 Å². The van der Waals surface area contributed by atoms with Crippen LogP contribution in [0.5, 0.6) is 0 Å². The van der Waals surface area contributed by atoms with E-state index in [0.717, 1.165) is 0 Å². The first-order valence-electron chi connectivity index (χ1n) is 5.03. The largest absolute Gasteiger partial charge is 0.366 e. The molecule has 0 aliphatic heterocycles. The van der Waals surface area contributed by atoms with Crippen molar-refractivity contribution in [3.63, 3.8) is 0 Å². The van der Waals surface area contributed by atoms with Crippen LogP contribution < -0.4 is 16.4 Å². The molecule has 1 aromatic heterocycles. The number of nitrogens with zero attached hydrogens (tertiary/aromatic N) is 1. The Hall–Kier alpha value is -2.83. The van der Waals surface area contributed by atoms with Crippen molar-refractivity contribution in [1.29, 1.82) is 0 Å². The van der Waals surface area contributed by atoms with Crippen LogP contribution in [0.1, 0.15) is 10.4 Å². The van der Waals surface area contributed by atoms with Crippen molar-refractivity contribution in [1.82, 2.24) is 5.16 Å². The van der Waals surface area contributed by atoms with Crippen LogP contribution in [0.3, 0.4) is 0 Å². The third-order valence-electron chi connectivity index (χ3n) is 2.11. The second-order valence-electron chi connectivity index (χ2n) is 3.41. The summed E-state index contributed by atoms with van der Waals surface area (Å²) < 4.78 is 4.56. The average molecular weight is 246 g/mol. The second kappa shape index (κ2) is 5.00. The molecular formula is C11H10N4O3. The average Bonchev–Trinajstić information content (AvgIpc) is 2.82. The highest BCUT2D eigenvalue weighted by molar-refractivity contribution is 5.99. The Morgan fingerprint density at radius 1 is 1.11 bits per heavy atom. The van der Waals surface area contributed by atoms with Gasteiger partial charge in [-0.3, -0.25) is 10.1 Å². The number of aromatic nitrogens is 1. The minimum Gasteiger partial charge on any atom is -0.366 e. The first-order valence-corrected chi connectivity index (χ1v) is 5.03. The van der Waals surface area contributed by atoms with Crippen LogP contribution in [0.2, 0.25) is 0 Å². The Bertz CT molecular complexity index is 548. The molecule has 18 heavy (non-hydrogen) atoms. The van der Waals surface area contributed by atoms with Crippen LogP contribution in [-0.4, -0.2) is 17.1 Å². The molecule has 0 spiro atoms. The van der Waals surface area contributed by atoms with Gasteiger partial charge >= 0.3 is 6.03 Å². The third kappa shape index (κ3) is 2.85. The molecule has 1 heterocycles. The molecule has 0 saturated heterocycles. The molecule has 0 fully saturated rings. The number of amides is 3. The Balaban J connectivity index is 1.97. The molecule has 2 aromatic rings. The predicted molar refractivity (Wildman–Crippen MR) is 64.1 cm³/mol. The van der Waals surface area contributed by atoms with Crippen LogP contribution in [0.4, 0.5) is 16.3 Å². The summed E-state index contributed by atoms with van der Waals surface area (Å²) in [5, 5.41) is 8.55. The smallest absolute Gasteiger partial charge is 0.324 e. The maximum atomic E-state index is 11.5. The lowest BCUT2D eigenvalue weighted by atomic mass is 10.2. The molecule has 0 aliphatic rings. The number of carbonyl (C=O) groups is 2. The van der Waals surface area contributed by atoms with Gasteiger partial charge in [0.15, 0.2) is 5.82 Å². The van der Waals surface area contributed by atoms with Gasteiger partial charge in [-0.15, -0.1) is 0 Å². The lowest BCUT2D eigenvalue weighted by Crippen LogP contribution is -2.19. The first-order chi connectivity index (χ1) is 8.65. The van der Waals surface area contributed by atoms with Crippen LogP contribution >= 0.6 is 0 Å². The van der Waals surface area contributed by atoms with Crippen molar-refractivity contribution >= 4 is 23.4 Å². The summed E-state index contributed by atoms with van der Waals surface area (Å²) in [6, 6.07) is 7.23. The Morgan fingerprint density at radius 3 is 2.39 bits per heavy atom. The molecule has 0 bridgehead atoms. The highest BCUT2D eigenvalue weighted by Crippen LogP contribution is 2.10. The molecule has 1 aromatic carbocycles. The van der Waals surface area contributed by atoms with Crippen molar-refractivity contribution in [3.8, 4) is 0 Å². The molecule has 0 saturated carbocycles. The van der Waals surface area contributed by atoms with Gasteiger partial charge in [0.25, 0.3) is 0 Å². The van der Waals surface area contributed by atoms with Gasteiger partial charge < -0.3 is 15.6 Å². The van der Waals surface area contributed by atoms with Gasteiger partial charge in [0, 0.05) is 17.3 Å². The van der Waals surface area contributed by atoms with Gasteiger partial charge in [-0.2, -0.15) is 0 Å². The minimum absolute atomic E-state index is 0.307. The number of nitrogens with two attached hydrogens (primary N) is 1. The molecule has 0 aliphatic carbocycles. The van der Waals surface area contributed by atoms with Gasteiger partial charge in [0.1, 0.15) is 6.26 Å². The Kier molecular flexibility index (Phi) is 3.24. The number of carbonyl (C=O) groups excluding carboxylic acids is 2. The van der Waals surface area contributed by atoms with Gasteiger partial charge in [-0.05, 0) is 24.3 Å². The minimum atomic E-state index is -0.520. The molecular weight excluding hydrogens is 236 g/mol. The van der Waals surface area contributed by atoms with E-state index in [2.05, 4.69) is 20.3 Å². The Morgan fingerprint density at radius 2 is 1.83 bits per heavy atom. The number of primary amides is 1. The number of benzene rings is 1. The van der Waals surface area contributed by atoms with Gasteiger partial charge in [-0.25, -0.2) is 4.79 Å². The van der Waals surface area contributed by atoms with Gasteiger partial charge in [-0.1, -0.05) is 5.16 Å². The summed E-state index contributed by atoms with van der Waals surface area (Å²) >= 11 is 0. The zero-order valence-corrected chi connectivity index (χ0v) is 9.21. The number of anilines is 2. The quantitative estimate of drug-likeness (QED) is 0.760. The summed E-state index contributed by atoms with van der Waals surface area (Å²) in [5.41, 5.74) is 6.00. The van der Waals surface area contributed by atoms with Crippen molar-refractivity contribution in [3.05, 3.63) is 42.2 Å². The van der Waals surface area contributed by atoms with E-state index < -0.39 is 11.9 Å². The van der Waals surface area contributed by atoms with Gasteiger partial charge in [0.2, 0.25) is 5.91 Å². The fourth-order valence-corrected chi connectivity index (χ4v) is 1.27. The topological polar surface area (TPSA) is 110 Å². The summed E-state index contributed by atoms with van der Waals surface area (Å²) in [6.07, 6.45) is 1.34. The maximum Gasteiger partial charge on any atom is 0.324 e. The molecule has 2 rings (SSSR count). The summed E-state index contributed by atoms with van der Waals surface area (Å²) in [7, 11) is 0. The fourth-order valence-electron chi connectivity index (χ4n) is 1.27. The van der Waals surface area contributed by atoms with E-state index in [0.29, 0.717) is 17.1 Å². The van der Waals surface area contributed by atoms with E-state index in [9.17, 15) is 9.59 Å². The molecule has 0 radical (unpaired) electrons. The van der Waals surface area contributed by atoms with E-state index >= 15 is 0 Å². The van der Waals surface area contributed by atoms with Gasteiger partial charge in [0.05, 0.1) is 0 Å². The molecule has 3 amide bonds. The monoisotopic (exact) mass is 246 g/mol. The maximum absolute atomic E-state index is 11.5. The zero-order chi connectivity index (χ0) is 13.0. The van der Waals surface area contributed by atoms with Crippen molar-refractivity contribution < 1.29 is 14.1 Å². The predicted octanol–water partition coefficient (Wildman–Crippen LogP) is 1.42. The summed E-state index contributed by atoms with van der Waals surface area (Å²) in [4.78, 5) is 22.4. The highest BCUT2D eigenvalue weighted by Gasteiger charge is 2.05. The molecule has 0 unspecified atom stereocenters. The standard InChI is InChI=1S/C11H10N4O3/c12-10(16)7-1-3-8(4-2-7)13-11(17)14-9-5-6-18-15-9/h1-6H,(H2,12,16)(H2,13,14,15,17). The molecule has 92 valence electrons. The number of urea groups is 1. The SMILES string of the molecule is NC(=O)c1ccc(NC(=O)Nc2ccon2)cc1. The van der Waals surface area contributed by atoms with Crippen molar-refractivity contribution in [2.75, 3.05) is 10.6 Å². The van der Waals surface area contributed by atoms with Crippen molar-refractivity contribution in [2.24, 2.45) is 5.73 Å². The first kappa shape index (κ1) is 11.6. The van der Waals surface area contributed by atoms with Crippen LogP contribution in [-0.2, 0) is 0 Å². The molecule has 7 nitrogen and oxygen atoms in total. The Labute approximate surface area is 102 Å². The summed E-state index contributed by atoms with van der Waals surface area (Å²) in [5.74, 6) is -0.213. The third-order valence-corrected chi connectivity index (χ3v) is 2.11. The second-order valence-corrected chi connectivity index (χ2v) is 3.41. The fraction of sp³-hybridized carbons (Fsp3) is 0. The highest BCUT2D eigenvalue weighted by atomic mass is 16.5. The number of hydrogen-bond acceptors (Lipinski definition) is 4. The van der Waals surface area contributed by atoms with E-state index in [4.69, 9.17) is 5.73 Å². The normalized spacial score (nSPS) is 9.78. The number of hydrogen-bond donors (Lipinski definition) is 3. The number of rotatable bonds is 3. The lowest BCUT2D eigenvalue weighted by Gasteiger charge is -2.05. The van der Waals surface area contributed by atoms with E-state index in [1.54, 1.807) is 12.1 Å².